The van der Waals surface area contributed by atoms with Gasteiger partial charge in [-0.25, -0.2) is 9.59 Å². The first-order chi connectivity index (χ1) is 19.5. The van der Waals surface area contributed by atoms with Crippen molar-refractivity contribution < 1.29 is 9.90 Å². The lowest BCUT2D eigenvalue weighted by Gasteiger charge is -2.39. The van der Waals surface area contributed by atoms with Crippen LogP contribution in [0.4, 0.5) is 4.79 Å². The standard InChI is InChI=1S/C32H35N5O3/c1-34-27(19-24-11-5-7-13-29(24)34)22-35(21-23-9-3-2-4-10-23)17-15-25-20-26(16-18-36(25)32(39)40)37-30-14-8-6-12-28(30)33-31(37)38/h2-14,19,25-26H,15-18,20-22H2,1H3,(H,33,38)(H,39,40)/t25-,26?/m0/s1. The van der Waals surface area contributed by atoms with Gasteiger partial charge in [-0.1, -0.05) is 60.7 Å². The Bertz CT molecular complexity index is 1690. The summed E-state index contributed by atoms with van der Waals surface area (Å²) in [7, 11) is 2.11. The van der Waals surface area contributed by atoms with Crippen molar-refractivity contribution in [2.75, 3.05) is 13.1 Å². The lowest BCUT2D eigenvalue weighted by Crippen LogP contribution is -2.48. The Kier molecular flexibility index (Phi) is 7.17. The van der Waals surface area contributed by atoms with Crippen LogP contribution in [-0.2, 0) is 20.1 Å². The van der Waals surface area contributed by atoms with E-state index in [1.54, 1.807) is 4.90 Å². The van der Waals surface area contributed by atoms with Crippen molar-refractivity contribution in [1.82, 2.24) is 23.9 Å². The normalized spacial score (nSPS) is 17.7. The molecule has 5 aromatic rings. The third kappa shape index (κ3) is 5.14. The van der Waals surface area contributed by atoms with Crippen molar-refractivity contribution in [3.8, 4) is 0 Å². The molecule has 0 spiro atoms. The number of nitrogens with one attached hydrogen (secondary N) is 1. The van der Waals surface area contributed by atoms with Crippen LogP contribution in [0.2, 0.25) is 0 Å². The zero-order valence-electron chi connectivity index (χ0n) is 22.7. The van der Waals surface area contributed by atoms with Crippen molar-refractivity contribution in [1.29, 1.82) is 0 Å². The van der Waals surface area contributed by atoms with Crippen LogP contribution in [0.3, 0.4) is 0 Å². The smallest absolute Gasteiger partial charge is 0.407 e. The Labute approximate surface area is 233 Å². The molecule has 206 valence electrons. The Morgan fingerprint density at radius 3 is 2.48 bits per heavy atom. The highest BCUT2D eigenvalue weighted by Gasteiger charge is 2.33. The van der Waals surface area contributed by atoms with Crippen LogP contribution in [-0.4, -0.2) is 54.2 Å². The molecule has 2 N–H and O–H groups in total. The highest BCUT2D eigenvalue weighted by molar-refractivity contribution is 5.81. The molecule has 0 radical (unpaired) electrons. The summed E-state index contributed by atoms with van der Waals surface area (Å²) in [6.45, 7) is 2.68. The second-order valence-corrected chi connectivity index (χ2v) is 10.9. The summed E-state index contributed by atoms with van der Waals surface area (Å²) < 4.78 is 4.08. The van der Waals surface area contributed by atoms with Gasteiger partial charge in [-0.3, -0.25) is 9.47 Å². The summed E-state index contributed by atoms with van der Waals surface area (Å²) in [5, 5.41) is 11.3. The van der Waals surface area contributed by atoms with Crippen LogP contribution in [0, 0.1) is 0 Å². The van der Waals surface area contributed by atoms with Gasteiger partial charge in [-0.2, -0.15) is 0 Å². The summed E-state index contributed by atoms with van der Waals surface area (Å²) in [5.74, 6) is 0. The summed E-state index contributed by atoms with van der Waals surface area (Å²) in [4.78, 5) is 32.1. The number of fused-ring (bicyclic) bond motifs is 2. The van der Waals surface area contributed by atoms with Gasteiger partial charge in [0.05, 0.1) is 11.0 Å². The molecule has 1 aliphatic rings. The summed E-state index contributed by atoms with van der Waals surface area (Å²) in [5.41, 5.74) is 5.21. The number of benzene rings is 3. The van der Waals surface area contributed by atoms with Crippen molar-refractivity contribution in [2.45, 2.75) is 44.4 Å². The lowest BCUT2D eigenvalue weighted by molar-refractivity contribution is 0.0810. The molecule has 40 heavy (non-hydrogen) atoms. The van der Waals surface area contributed by atoms with E-state index in [2.05, 4.69) is 76.1 Å². The van der Waals surface area contributed by atoms with Gasteiger partial charge in [-0.05, 0) is 54.5 Å². The molecule has 3 heterocycles. The zero-order chi connectivity index (χ0) is 27.6. The Balaban J connectivity index is 1.25. The van der Waals surface area contributed by atoms with Crippen molar-refractivity contribution in [3.05, 3.63) is 107 Å². The fraction of sp³-hybridized carbons (Fsp3) is 0.312. The predicted molar refractivity (Wildman–Crippen MR) is 157 cm³/mol. The van der Waals surface area contributed by atoms with Gasteiger partial charge in [0.15, 0.2) is 0 Å². The molecule has 1 saturated heterocycles. The van der Waals surface area contributed by atoms with E-state index < -0.39 is 6.09 Å². The maximum atomic E-state index is 12.9. The van der Waals surface area contributed by atoms with Gasteiger partial charge in [-0.15, -0.1) is 0 Å². The van der Waals surface area contributed by atoms with Crippen LogP contribution >= 0.6 is 0 Å². The summed E-state index contributed by atoms with van der Waals surface area (Å²) >= 11 is 0. The number of aromatic amines is 1. The monoisotopic (exact) mass is 537 g/mol. The minimum absolute atomic E-state index is 0.0509. The highest BCUT2D eigenvalue weighted by atomic mass is 16.4. The third-order valence-electron chi connectivity index (χ3n) is 8.39. The number of aromatic nitrogens is 3. The van der Waals surface area contributed by atoms with Gasteiger partial charge in [0.2, 0.25) is 0 Å². The summed E-state index contributed by atoms with van der Waals surface area (Å²) in [6, 6.07) is 28.5. The molecule has 8 nitrogen and oxygen atoms in total. The number of likely N-dealkylation sites (tertiary alicyclic amines) is 1. The van der Waals surface area contributed by atoms with E-state index in [0.717, 1.165) is 30.7 Å². The quantitative estimate of drug-likeness (QED) is 0.270. The topological polar surface area (TPSA) is 86.5 Å². The number of carbonyl (C=O) groups is 1. The van der Waals surface area contributed by atoms with Crippen LogP contribution in [0.15, 0.2) is 89.7 Å². The van der Waals surface area contributed by atoms with Crippen molar-refractivity contribution in [2.24, 2.45) is 7.05 Å². The first-order valence-electron chi connectivity index (χ1n) is 14.0. The second-order valence-electron chi connectivity index (χ2n) is 10.9. The molecular formula is C32H35N5O3. The summed E-state index contributed by atoms with van der Waals surface area (Å²) in [6.07, 6.45) is 1.03. The minimum Gasteiger partial charge on any atom is -0.465 e. The number of para-hydroxylation sites is 3. The lowest BCUT2D eigenvalue weighted by atomic mass is 9.94. The van der Waals surface area contributed by atoms with Crippen LogP contribution in [0.25, 0.3) is 21.9 Å². The molecule has 0 bridgehead atoms. The van der Waals surface area contributed by atoms with Gasteiger partial charge in [0.1, 0.15) is 0 Å². The Morgan fingerprint density at radius 1 is 0.975 bits per heavy atom. The van der Waals surface area contributed by atoms with E-state index in [0.29, 0.717) is 25.8 Å². The number of amides is 1. The molecule has 0 aliphatic carbocycles. The molecule has 0 saturated carbocycles. The maximum Gasteiger partial charge on any atom is 0.407 e. The Morgan fingerprint density at radius 2 is 1.70 bits per heavy atom. The predicted octanol–water partition coefficient (Wildman–Crippen LogP) is 5.60. The van der Waals surface area contributed by atoms with Crippen molar-refractivity contribution >= 4 is 28.0 Å². The SMILES string of the molecule is Cn1c(CN(CC[C@H]2CC(n3c(=O)[nH]c4ccccc43)CCN2C(=O)O)Cc2ccccc2)cc2ccccc21. The van der Waals surface area contributed by atoms with E-state index in [4.69, 9.17) is 0 Å². The van der Waals surface area contributed by atoms with Crippen LogP contribution in [0.1, 0.15) is 36.6 Å². The number of hydrogen-bond acceptors (Lipinski definition) is 3. The van der Waals surface area contributed by atoms with Gasteiger partial charge < -0.3 is 19.6 Å². The fourth-order valence-corrected chi connectivity index (χ4v) is 6.34. The van der Waals surface area contributed by atoms with Gasteiger partial charge >= 0.3 is 11.8 Å². The first kappa shape index (κ1) is 26.0. The molecule has 1 aliphatic heterocycles. The van der Waals surface area contributed by atoms with Gasteiger partial charge in [0, 0.05) is 56.5 Å². The molecule has 2 aromatic heterocycles. The number of H-pyrrole nitrogens is 1. The maximum absolute atomic E-state index is 12.9. The third-order valence-corrected chi connectivity index (χ3v) is 8.39. The molecule has 8 heteroatoms. The van der Waals surface area contributed by atoms with Crippen LogP contribution < -0.4 is 5.69 Å². The number of carboxylic acid groups (broad SMARTS) is 1. The fourth-order valence-electron chi connectivity index (χ4n) is 6.34. The number of nitrogens with zero attached hydrogens (tertiary/aromatic N) is 4. The minimum atomic E-state index is -0.891. The zero-order valence-corrected chi connectivity index (χ0v) is 22.7. The average molecular weight is 538 g/mol. The Hall–Kier alpha value is -4.30. The van der Waals surface area contributed by atoms with E-state index >= 15 is 0 Å². The molecule has 1 amide bonds. The van der Waals surface area contributed by atoms with E-state index in [1.807, 2.05) is 34.9 Å². The van der Waals surface area contributed by atoms with E-state index in [9.17, 15) is 14.7 Å². The molecule has 3 aromatic carbocycles. The molecular weight excluding hydrogens is 502 g/mol. The number of piperidine rings is 1. The number of rotatable bonds is 8. The van der Waals surface area contributed by atoms with Gasteiger partial charge in [0.25, 0.3) is 0 Å². The molecule has 1 fully saturated rings. The molecule has 2 atom stereocenters. The highest BCUT2D eigenvalue weighted by Crippen LogP contribution is 2.31. The number of hydrogen-bond donors (Lipinski definition) is 2. The van der Waals surface area contributed by atoms with E-state index in [1.165, 1.54) is 22.2 Å². The van der Waals surface area contributed by atoms with E-state index in [-0.39, 0.29) is 17.8 Å². The average Bonchev–Trinajstić information content (AvgIpc) is 3.47. The largest absolute Gasteiger partial charge is 0.465 e. The number of imidazole rings is 1. The second kappa shape index (κ2) is 11.1. The molecule has 1 unspecified atom stereocenters. The van der Waals surface area contributed by atoms with Crippen LogP contribution in [0.5, 0.6) is 0 Å². The first-order valence-corrected chi connectivity index (χ1v) is 14.0. The van der Waals surface area contributed by atoms with Crippen molar-refractivity contribution in [3.63, 3.8) is 0 Å². The molecule has 6 rings (SSSR count). The number of aryl methyl sites for hydroxylation is 1.